The molecule has 1 aromatic carbocycles. The smallest absolute Gasteiger partial charge is 0.311 e. The molecule has 0 saturated heterocycles. The van der Waals surface area contributed by atoms with Gasteiger partial charge >= 0.3 is 5.97 Å². The predicted molar refractivity (Wildman–Crippen MR) is 63.8 cm³/mol. The summed E-state index contributed by atoms with van der Waals surface area (Å²) in [6.07, 6.45) is 3.64. The summed E-state index contributed by atoms with van der Waals surface area (Å²) in [7, 11) is 0. The number of fused-ring (bicyclic) bond motifs is 1. The number of benzene rings is 1. The Labute approximate surface area is 95.8 Å². The number of esters is 1. The van der Waals surface area contributed by atoms with Gasteiger partial charge in [0.15, 0.2) is 0 Å². The monoisotopic (exact) mass is 219 g/mol. The molecule has 1 heterocycles. The van der Waals surface area contributed by atoms with Gasteiger partial charge in [-0.1, -0.05) is 13.3 Å². The predicted octanol–water partition coefficient (Wildman–Crippen LogP) is 2.75. The third-order valence-corrected chi connectivity index (χ3v) is 2.74. The van der Waals surface area contributed by atoms with Gasteiger partial charge in [-0.15, -0.1) is 0 Å². The maximum Gasteiger partial charge on any atom is 0.311 e. The molecule has 1 aliphatic heterocycles. The largest absolute Gasteiger partial charge is 0.426 e. The van der Waals surface area contributed by atoms with E-state index in [0.717, 1.165) is 30.0 Å². The molecule has 0 saturated carbocycles. The topological polar surface area (TPSA) is 38.3 Å². The van der Waals surface area contributed by atoms with Gasteiger partial charge in [0.1, 0.15) is 5.75 Å². The molecule has 2 rings (SSSR count). The summed E-state index contributed by atoms with van der Waals surface area (Å²) in [6.45, 7) is 3.17. The zero-order valence-corrected chi connectivity index (χ0v) is 9.58. The van der Waals surface area contributed by atoms with Crippen LogP contribution >= 0.6 is 0 Å². The van der Waals surface area contributed by atoms with Crippen molar-refractivity contribution in [2.24, 2.45) is 0 Å². The van der Waals surface area contributed by atoms with Crippen molar-refractivity contribution in [3.05, 3.63) is 23.8 Å². The Morgan fingerprint density at radius 2 is 2.25 bits per heavy atom. The molecule has 0 unspecified atom stereocenters. The molecule has 0 aromatic heterocycles. The number of unbranched alkanes of at least 4 members (excludes halogenated alkanes) is 1. The number of nitrogens with one attached hydrogen (secondary N) is 1. The zero-order valence-electron chi connectivity index (χ0n) is 9.58. The first-order valence-electron chi connectivity index (χ1n) is 5.87. The summed E-state index contributed by atoms with van der Waals surface area (Å²) in [5, 5.41) is 3.37. The highest BCUT2D eigenvalue weighted by Crippen LogP contribution is 2.27. The summed E-state index contributed by atoms with van der Waals surface area (Å²) in [6, 6.07) is 5.92. The quantitative estimate of drug-likeness (QED) is 0.480. The normalized spacial score (nSPS) is 14.2. The van der Waals surface area contributed by atoms with Crippen LogP contribution in [0.1, 0.15) is 31.7 Å². The van der Waals surface area contributed by atoms with Gasteiger partial charge in [-0.25, -0.2) is 0 Å². The van der Waals surface area contributed by atoms with Crippen LogP contribution in [0.4, 0.5) is 5.69 Å². The first kappa shape index (κ1) is 11.0. The minimum atomic E-state index is -0.126. The summed E-state index contributed by atoms with van der Waals surface area (Å²) in [4.78, 5) is 11.1. The molecule has 1 aromatic rings. The average Bonchev–Trinajstić information content (AvgIpc) is 2.29. The van der Waals surface area contributed by atoms with Crippen LogP contribution < -0.4 is 10.1 Å². The average molecular weight is 219 g/mol. The molecule has 1 N–H and O–H groups in total. The van der Waals surface area contributed by atoms with Gasteiger partial charge in [-0.2, -0.15) is 0 Å². The van der Waals surface area contributed by atoms with Crippen LogP contribution in [0.2, 0.25) is 0 Å². The van der Waals surface area contributed by atoms with Crippen molar-refractivity contribution in [2.45, 2.75) is 32.6 Å². The van der Waals surface area contributed by atoms with Crippen LogP contribution in [0.25, 0.3) is 0 Å². The molecule has 0 radical (unpaired) electrons. The van der Waals surface area contributed by atoms with Crippen LogP contribution in [0.15, 0.2) is 18.2 Å². The van der Waals surface area contributed by atoms with Crippen LogP contribution in [0.3, 0.4) is 0 Å². The second-order valence-electron chi connectivity index (χ2n) is 4.08. The lowest BCUT2D eigenvalue weighted by Crippen LogP contribution is -2.15. The van der Waals surface area contributed by atoms with Crippen LogP contribution in [-0.4, -0.2) is 12.5 Å². The van der Waals surface area contributed by atoms with Gasteiger partial charge in [0, 0.05) is 12.2 Å². The third-order valence-electron chi connectivity index (χ3n) is 2.74. The number of rotatable bonds is 4. The highest BCUT2D eigenvalue weighted by molar-refractivity contribution is 5.75. The standard InChI is InChI=1S/C13H17NO2/c1-2-3-8-14-11-5-6-12-10(9-11)4-7-13(15)16-12/h5-6,9,14H,2-4,7-8H2,1H3. The molecule has 0 amide bonds. The van der Waals surface area contributed by atoms with Crippen molar-refractivity contribution < 1.29 is 9.53 Å². The Morgan fingerprint density at radius 1 is 1.38 bits per heavy atom. The van der Waals surface area contributed by atoms with E-state index in [1.54, 1.807) is 0 Å². The van der Waals surface area contributed by atoms with E-state index >= 15 is 0 Å². The molecule has 0 spiro atoms. The fourth-order valence-electron chi connectivity index (χ4n) is 1.80. The summed E-state index contributed by atoms with van der Waals surface area (Å²) in [5.41, 5.74) is 2.24. The van der Waals surface area contributed by atoms with Crippen molar-refractivity contribution in [3.8, 4) is 5.75 Å². The number of ether oxygens (including phenoxy) is 1. The van der Waals surface area contributed by atoms with Gasteiger partial charge in [0.05, 0.1) is 6.42 Å². The van der Waals surface area contributed by atoms with Crippen molar-refractivity contribution >= 4 is 11.7 Å². The van der Waals surface area contributed by atoms with E-state index in [9.17, 15) is 4.79 Å². The fraction of sp³-hybridized carbons (Fsp3) is 0.462. The third kappa shape index (κ3) is 2.54. The highest BCUT2D eigenvalue weighted by atomic mass is 16.5. The number of aryl methyl sites for hydroxylation is 1. The molecule has 3 heteroatoms. The Bertz CT molecular complexity index is 388. The molecule has 1 aliphatic rings. The number of carbonyl (C=O) groups excluding carboxylic acids is 1. The number of hydrogen-bond donors (Lipinski definition) is 1. The Hall–Kier alpha value is -1.51. The van der Waals surface area contributed by atoms with E-state index in [-0.39, 0.29) is 5.97 Å². The number of hydrogen-bond acceptors (Lipinski definition) is 3. The molecule has 0 fully saturated rings. The van der Waals surface area contributed by atoms with E-state index in [1.165, 1.54) is 12.8 Å². The Morgan fingerprint density at radius 3 is 3.06 bits per heavy atom. The van der Waals surface area contributed by atoms with E-state index in [1.807, 2.05) is 12.1 Å². The molecule has 0 aliphatic carbocycles. The van der Waals surface area contributed by atoms with Crippen molar-refractivity contribution in [2.75, 3.05) is 11.9 Å². The maximum absolute atomic E-state index is 11.1. The molecule has 0 atom stereocenters. The van der Waals surface area contributed by atoms with Gasteiger partial charge in [0.2, 0.25) is 0 Å². The van der Waals surface area contributed by atoms with E-state index in [4.69, 9.17) is 4.74 Å². The van der Waals surface area contributed by atoms with Crippen molar-refractivity contribution in [1.82, 2.24) is 0 Å². The lowest BCUT2D eigenvalue weighted by molar-refractivity contribution is -0.135. The van der Waals surface area contributed by atoms with Crippen molar-refractivity contribution in [3.63, 3.8) is 0 Å². The summed E-state index contributed by atoms with van der Waals surface area (Å²) in [5.74, 6) is 0.594. The highest BCUT2D eigenvalue weighted by Gasteiger charge is 2.16. The SMILES string of the molecule is CCCCNc1ccc2c(c1)CCC(=O)O2. The lowest BCUT2D eigenvalue weighted by Gasteiger charge is -2.16. The minimum absolute atomic E-state index is 0.126. The van der Waals surface area contributed by atoms with Gasteiger partial charge in [-0.3, -0.25) is 4.79 Å². The van der Waals surface area contributed by atoms with Crippen LogP contribution in [0.5, 0.6) is 5.75 Å². The first-order chi connectivity index (χ1) is 7.79. The summed E-state index contributed by atoms with van der Waals surface area (Å²) < 4.78 is 5.15. The zero-order chi connectivity index (χ0) is 11.4. The Kier molecular flexibility index (Phi) is 3.44. The minimum Gasteiger partial charge on any atom is -0.426 e. The van der Waals surface area contributed by atoms with Crippen molar-refractivity contribution in [1.29, 1.82) is 0 Å². The number of anilines is 1. The number of carbonyl (C=O) groups is 1. The van der Waals surface area contributed by atoms with Gasteiger partial charge < -0.3 is 10.1 Å². The first-order valence-corrected chi connectivity index (χ1v) is 5.87. The second kappa shape index (κ2) is 5.01. The van der Waals surface area contributed by atoms with E-state index in [2.05, 4.69) is 18.3 Å². The fourth-order valence-corrected chi connectivity index (χ4v) is 1.80. The maximum atomic E-state index is 11.1. The van der Waals surface area contributed by atoms with Crippen LogP contribution in [0, 0.1) is 0 Å². The molecule has 86 valence electrons. The molecule has 3 nitrogen and oxygen atoms in total. The van der Waals surface area contributed by atoms with E-state index in [0.29, 0.717) is 6.42 Å². The summed E-state index contributed by atoms with van der Waals surface area (Å²) >= 11 is 0. The molecule has 16 heavy (non-hydrogen) atoms. The van der Waals surface area contributed by atoms with E-state index < -0.39 is 0 Å². The molecular weight excluding hydrogens is 202 g/mol. The lowest BCUT2D eigenvalue weighted by atomic mass is 10.1. The molecule has 0 bridgehead atoms. The second-order valence-corrected chi connectivity index (χ2v) is 4.08. The Balaban J connectivity index is 2.04. The van der Waals surface area contributed by atoms with Gasteiger partial charge in [-0.05, 0) is 36.6 Å². The molecular formula is C13H17NO2. The van der Waals surface area contributed by atoms with Crippen LogP contribution in [-0.2, 0) is 11.2 Å². The van der Waals surface area contributed by atoms with Gasteiger partial charge in [0.25, 0.3) is 0 Å².